The molecular weight excluding hydrogens is 250 g/mol. The molecule has 0 saturated carbocycles. The van der Waals surface area contributed by atoms with Crippen LogP contribution in [-0.2, 0) is 0 Å². The number of benzene rings is 1. The van der Waals surface area contributed by atoms with Gasteiger partial charge in [0.05, 0.1) is 11.1 Å². The fraction of sp³-hybridized carbons (Fsp3) is 0.375. The van der Waals surface area contributed by atoms with Gasteiger partial charge >= 0.3 is 0 Å². The Balaban J connectivity index is 1.92. The van der Waals surface area contributed by atoms with E-state index < -0.39 is 0 Å². The van der Waals surface area contributed by atoms with Gasteiger partial charge in [0.15, 0.2) is 0 Å². The Kier molecular flexibility index (Phi) is 3.65. The zero-order chi connectivity index (χ0) is 13.9. The number of rotatable bonds is 2. The van der Waals surface area contributed by atoms with Crippen LogP contribution < -0.4 is 5.32 Å². The molecule has 1 amide bonds. The zero-order valence-corrected chi connectivity index (χ0v) is 11.7. The van der Waals surface area contributed by atoms with E-state index in [-0.39, 0.29) is 11.9 Å². The van der Waals surface area contributed by atoms with Gasteiger partial charge in [-0.25, -0.2) is 0 Å². The molecule has 1 atom stereocenters. The number of para-hydroxylation sites is 1. The number of carbonyl (C=O) groups is 1. The Bertz CT molecular complexity index is 615. The monoisotopic (exact) mass is 269 g/mol. The van der Waals surface area contributed by atoms with Crippen LogP contribution in [0.15, 0.2) is 36.5 Å². The molecule has 1 fully saturated rings. The number of nitrogens with one attached hydrogen (secondary N) is 1. The van der Waals surface area contributed by atoms with E-state index in [9.17, 15) is 4.79 Å². The van der Waals surface area contributed by atoms with Crippen LogP contribution in [0.1, 0.15) is 23.2 Å². The van der Waals surface area contributed by atoms with Crippen molar-refractivity contribution in [2.24, 2.45) is 0 Å². The maximum atomic E-state index is 12.7. The van der Waals surface area contributed by atoms with Crippen molar-refractivity contribution < 1.29 is 4.79 Å². The topological polar surface area (TPSA) is 45.2 Å². The summed E-state index contributed by atoms with van der Waals surface area (Å²) in [5.41, 5.74) is 1.48. The molecule has 1 aromatic heterocycles. The van der Waals surface area contributed by atoms with E-state index in [1.165, 1.54) is 0 Å². The highest BCUT2D eigenvalue weighted by Crippen LogP contribution is 2.19. The first-order valence-electron chi connectivity index (χ1n) is 7.09. The van der Waals surface area contributed by atoms with E-state index in [1.54, 1.807) is 6.20 Å². The maximum Gasteiger partial charge on any atom is 0.256 e. The zero-order valence-electron chi connectivity index (χ0n) is 11.7. The van der Waals surface area contributed by atoms with Crippen molar-refractivity contribution in [2.75, 3.05) is 20.1 Å². The highest BCUT2D eigenvalue weighted by Gasteiger charge is 2.24. The van der Waals surface area contributed by atoms with Gasteiger partial charge in [0.25, 0.3) is 5.91 Å². The normalized spacial score (nSPS) is 18.9. The van der Waals surface area contributed by atoms with Crippen molar-refractivity contribution >= 4 is 16.8 Å². The Labute approximate surface area is 118 Å². The summed E-state index contributed by atoms with van der Waals surface area (Å²) in [5.74, 6) is 0.0583. The van der Waals surface area contributed by atoms with E-state index in [2.05, 4.69) is 10.3 Å². The molecule has 0 spiro atoms. The molecule has 4 nitrogen and oxygen atoms in total. The third-order valence-electron chi connectivity index (χ3n) is 4.00. The van der Waals surface area contributed by atoms with Crippen LogP contribution in [0.25, 0.3) is 10.9 Å². The summed E-state index contributed by atoms with van der Waals surface area (Å²) in [5, 5.41) is 4.36. The fourth-order valence-electron chi connectivity index (χ4n) is 2.80. The first-order chi connectivity index (χ1) is 9.77. The molecule has 20 heavy (non-hydrogen) atoms. The number of piperidine rings is 1. The SMILES string of the molecule is CN(C(=O)c1cccc2cccnc12)C1CCCNC1. The minimum atomic E-state index is 0.0583. The summed E-state index contributed by atoms with van der Waals surface area (Å²) in [6, 6.07) is 9.93. The average Bonchev–Trinajstić information content (AvgIpc) is 2.54. The standard InChI is InChI=1S/C16H19N3O/c1-19(13-7-4-9-17-11-13)16(20)14-8-2-5-12-6-3-10-18-15(12)14/h2-3,5-6,8,10,13,17H,4,7,9,11H2,1H3. The lowest BCUT2D eigenvalue weighted by atomic mass is 10.0. The Morgan fingerprint density at radius 3 is 3.00 bits per heavy atom. The first-order valence-corrected chi connectivity index (χ1v) is 7.09. The van der Waals surface area contributed by atoms with Gasteiger partial charge in [-0.05, 0) is 31.5 Å². The van der Waals surface area contributed by atoms with Gasteiger partial charge < -0.3 is 10.2 Å². The molecule has 2 aromatic rings. The molecule has 1 N–H and O–H groups in total. The number of fused-ring (bicyclic) bond motifs is 1. The molecule has 1 saturated heterocycles. The second-order valence-corrected chi connectivity index (χ2v) is 5.30. The number of amides is 1. The summed E-state index contributed by atoms with van der Waals surface area (Å²) in [6.07, 6.45) is 3.92. The molecule has 1 aromatic carbocycles. The van der Waals surface area contributed by atoms with Crippen LogP contribution in [0, 0.1) is 0 Å². The summed E-state index contributed by atoms with van der Waals surface area (Å²) >= 11 is 0. The molecule has 0 bridgehead atoms. The number of aromatic nitrogens is 1. The molecule has 1 unspecified atom stereocenters. The Morgan fingerprint density at radius 2 is 2.20 bits per heavy atom. The molecule has 104 valence electrons. The van der Waals surface area contributed by atoms with Gasteiger partial charge in [0.1, 0.15) is 0 Å². The van der Waals surface area contributed by atoms with Crippen LogP contribution in [0.5, 0.6) is 0 Å². The van der Waals surface area contributed by atoms with Crippen LogP contribution in [-0.4, -0.2) is 42.0 Å². The Hall–Kier alpha value is -1.94. The van der Waals surface area contributed by atoms with Crippen LogP contribution >= 0.6 is 0 Å². The van der Waals surface area contributed by atoms with Gasteiger partial charge in [0, 0.05) is 31.2 Å². The number of likely N-dealkylation sites (N-methyl/N-ethyl adjacent to an activating group) is 1. The van der Waals surface area contributed by atoms with Gasteiger partial charge in [-0.3, -0.25) is 9.78 Å². The third-order valence-corrected chi connectivity index (χ3v) is 4.00. The smallest absolute Gasteiger partial charge is 0.256 e. The lowest BCUT2D eigenvalue weighted by Gasteiger charge is -2.31. The summed E-state index contributed by atoms with van der Waals surface area (Å²) in [7, 11) is 1.89. The molecule has 0 aliphatic carbocycles. The van der Waals surface area contributed by atoms with Gasteiger partial charge in [-0.15, -0.1) is 0 Å². The van der Waals surface area contributed by atoms with Crippen LogP contribution in [0.3, 0.4) is 0 Å². The van der Waals surface area contributed by atoms with E-state index >= 15 is 0 Å². The predicted octanol–water partition coefficient (Wildman–Crippen LogP) is 2.06. The molecule has 3 rings (SSSR count). The quantitative estimate of drug-likeness (QED) is 0.907. The highest BCUT2D eigenvalue weighted by molar-refractivity contribution is 6.05. The van der Waals surface area contributed by atoms with E-state index in [0.717, 1.165) is 36.8 Å². The van der Waals surface area contributed by atoms with Crippen molar-refractivity contribution in [3.63, 3.8) is 0 Å². The van der Waals surface area contributed by atoms with Crippen molar-refractivity contribution in [1.29, 1.82) is 0 Å². The third kappa shape index (κ3) is 2.39. The van der Waals surface area contributed by atoms with Crippen molar-refractivity contribution in [3.05, 3.63) is 42.1 Å². The summed E-state index contributed by atoms with van der Waals surface area (Å²) < 4.78 is 0. The largest absolute Gasteiger partial charge is 0.337 e. The molecule has 1 aliphatic heterocycles. The lowest BCUT2D eigenvalue weighted by molar-refractivity contribution is 0.0710. The average molecular weight is 269 g/mol. The Morgan fingerprint density at radius 1 is 1.35 bits per heavy atom. The van der Waals surface area contributed by atoms with Gasteiger partial charge in [-0.2, -0.15) is 0 Å². The van der Waals surface area contributed by atoms with Crippen molar-refractivity contribution in [1.82, 2.24) is 15.2 Å². The molecule has 4 heteroatoms. The van der Waals surface area contributed by atoms with Gasteiger partial charge in [0.2, 0.25) is 0 Å². The van der Waals surface area contributed by atoms with Crippen molar-refractivity contribution in [3.8, 4) is 0 Å². The van der Waals surface area contributed by atoms with Gasteiger partial charge in [-0.1, -0.05) is 18.2 Å². The van der Waals surface area contributed by atoms with Crippen LogP contribution in [0.4, 0.5) is 0 Å². The lowest BCUT2D eigenvalue weighted by Crippen LogP contribution is -2.46. The second kappa shape index (κ2) is 5.59. The van der Waals surface area contributed by atoms with Crippen LogP contribution in [0.2, 0.25) is 0 Å². The first kappa shape index (κ1) is 13.1. The second-order valence-electron chi connectivity index (χ2n) is 5.30. The van der Waals surface area contributed by atoms with E-state index in [1.807, 2.05) is 42.3 Å². The maximum absolute atomic E-state index is 12.7. The molecule has 0 radical (unpaired) electrons. The highest BCUT2D eigenvalue weighted by atomic mass is 16.2. The summed E-state index contributed by atoms with van der Waals surface area (Å²) in [4.78, 5) is 18.9. The van der Waals surface area contributed by atoms with Crippen molar-refractivity contribution in [2.45, 2.75) is 18.9 Å². The number of carbonyl (C=O) groups excluding carboxylic acids is 1. The number of pyridine rings is 1. The number of nitrogens with zero attached hydrogens (tertiary/aromatic N) is 2. The van der Waals surface area contributed by atoms with E-state index in [4.69, 9.17) is 0 Å². The minimum Gasteiger partial charge on any atom is -0.337 e. The molecule has 2 heterocycles. The van der Waals surface area contributed by atoms with E-state index in [0.29, 0.717) is 5.56 Å². The minimum absolute atomic E-state index is 0.0583. The fourth-order valence-corrected chi connectivity index (χ4v) is 2.80. The summed E-state index contributed by atoms with van der Waals surface area (Å²) in [6.45, 7) is 1.93. The molecule has 1 aliphatic rings. The molecular formula is C16H19N3O. The predicted molar refractivity (Wildman–Crippen MR) is 79.7 cm³/mol. The number of hydrogen-bond acceptors (Lipinski definition) is 3. The number of hydrogen-bond donors (Lipinski definition) is 1.